The summed E-state index contributed by atoms with van der Waals surface area (Å²) < 4.78 is 0. The molecule has 2 aromatic carbocycles. The van der Waals surface area contributed by atoms with Crippen molar-refractivity contribution >= 4 is 15.9 Å². The molecule has 4 aliphatic carbocycles. The van der Waals surface area contributed by atoms with Gasteiger partial charge in [0.25, 0.3) is 0 Å². The summed E-state index contributed by atoms with van der Waals surface area (Å²) in [6.07, 6.45) is 28.1. The summed E-state index contributed by atoms with van der Waals surface area (Å²) in [6.45, 7) is 0. The molecule has 4 unspecified atom stereocenters. The number of fused-ring (bicyclic) bond motifs is 2. The molecule has 0 aromatic heterocycles. The van der Waals surface area contributed by atoms with Crippen LogP contribution in [0.15, 0.2) is 109 Å². The fraction of sp³-hybridized carbons (Fsp3) is 0.267. The quantitative estimate of drug-likeness (QED) is 0.313. The molecule has 6 rings (SSSR count). The van der Waals surface area contributed by atoms with Crippen LogP contribution in [0.2, 0.25) is 0 Å². The number of benzene rings is 2. The molecule has 0 spiro atoms. The van der Waals surface area contributed by atoms with Crippen molar-refractivity contribution in [2.45, 2.75) is 25.7 Å². The van der Waals surface area contributed by atoms with Crippen LogP contribution >= 0.6 is 0 Å². The zero-order valence-electron chi connectivity index (χ0n) is 19.4. The third kappa shape index (κ3) is 8.62. The Morgan fingerprint density at radius 3 is 1.35 bits per heavy atom. The van der Waals surface area contributed by atoms with Crippen LogP contribution in [0, 0.1) is 36.5 Å². The van der Waals surface area contributed by atoms with E-state index in [1.165, 1.54) is 59.1 Å². The van der Waals surface area contributed by atoms with E-state index in [1.54, 1.807) is 0 Å². The molecule has 0 amide bonds. The second kappa shape index (κ2) is 15.9. The van der Waals surface area contributed by atoms with E-state index in [0.717, 1.165) is 23.7 Å². The van der Waals surface area contributed by atoms with E-state index >= 15 is 0 Å². The molecule has 2 fully saturated rings. The minimum atomic E-state index is -0.406. The molecular weight excluding hydrogens is 638 g/mol. The van der Waals surface area contributed by atoms with Gasteiger partial charge in [0, 0.05) is 0 Å². The molecule has 0 saturated heterocycles. The zero-order valence-corrected chi connectivity index (χ0v) is 25.5. The fourth-order valence-electron chi connectivity index (χ4n) is 4.76. The van der Waals surface area contributed by atoms with Crippen LogP contribution in [0.4, 0.5) is 0 Å². The van der Waals surface area contributed by atoms with Crippen molar-refractivity contribution in [2.75, 3.05) is 0 Å². The van der Waals surface area contributed by atoms with E-state index < -0.39 is 5.49 Å². The van der Waals surface area contributed by atoms with Gasteiger partial charge in [0.15, 0.2) is 0 Å². The van der Waals surface area contributed by atoms with Crippen LogP contribution in [0.3, 0.4) is 0 Å². The van der Waals surface area contributed by atoms with Gasteiger partial charge in [0.05, 0.1) is 0 Å². The first-order chi connectivity index (χ1) is 15.8. The zero-order chi connectivity index (χ0) is 22.0. The topological polar surface area (TPSA) is 0 Å². The molecule has 4 heteroatoms. The van der Waals surface area contributed by atoms with Crippen molar-refractivity contribution in [3.05, 3.63) is 122 Å². The van der Waals surface area contributed by atoms with Gasteiger partial charge in [-0.15, -0.1) is 24.0 Å². The van der Waals surface area contributed by atoms with Crippen LogP contribution in [0.25, 0.3) is 0 Å². The van der Waals surface area contributed by atoms with E-state index in [-0.39, 0.29) is 24.8 Å². The van der Waals surface area contributed by atoms with Crippen molar-refractivity contribution in [3.8, 4) is 0 Å². The van der Waals surface area contributed by atoms with Crippen molar-refractivity contribution in [1.29, 1.82) is 0 Å². The van der Waals surface area contributed by atoms with E-state index in [0.29, 0.717) is 0 Å². The monoisotopic (exact) mass is 670 g/mol. The molecule has 0 radical (unpaired) electrons. The Morgan fingerprint density at radius 1 is 0.588 bits per heavy atom. The number of hydrogen-bond donors (Lipinski definition) is 0. The summed E-state index contributed by atoms with van der Waals surface area (Å²) >= 11 is 1.27. The summed E-state index contributed by atoms with van der Waals surface area (Å²) in [6, 6.07) is 21.8. The minimum absolute atomic E-state index is 0. The van der Waals surface area contributed by atoms with E-state index in [2.05, 4.69) is 122 Å². The van der Waals surface area contributed by atoms with Crippen LogP contribution < -0.4 is 35.2 Å². The van der Waals surface area contributed by atoms with Gasteiger partial charge in [-0.3, -0.25) is 0 Å². The molecule has 2 saturated carbocycles. The first-order valence-electron chi connectivity index (χ1n) is 11.9. The van der Waals surface area contributed by atoms with Gasteiger partial charge in [0.1, 0.15) is 0 Å². The van der Waals surface area contributed by atoms with Crippen molar-refractivity contribution in [3.63, 3.8) is 0 Å². The standard InChI is InChI=1S/C12H10Si.2C9H11.2ClH.Hf/c1-3-7-11(8-4-1)13-12-9-5-2-6-10-12;2*1-2-5-9-7-3-6-8(9)4-1;;;/h1-10H;2*1-2,4-6,8-9H,3,7H2;2*1H;/q;2*-1;;;+2/p-2. The van der Waals surface area contributed by atoms with Crippen LogP contribution in [-0.4, -0.2) is 5.49 Å². The molecule has 0 N–H and O–H groups in total. The second-order valence-electron chi connectivity index (χ2n) is 8.76. The summed E-state index contributed by atoms with van der Waals surface area (Å²) in [5, 5.41) is 3.07. The second-order valence-corrected chi connectivity index (χ2v) is 16.0. The molecular formula is C30H32Cl2HfSi-2. The normalized spacial score (nSPS) is 24.8. The van der Waals surface area contributed by atoms with Gasteiger partial charge in [-0.25, -0.2) is 0 Å². The number of halogens is 2. The van der Waals surface area contributed by atoms with Crippen LogP contribution in [0.1, 0.15) is 25.7 Å². The molecule has 4 atom stereocenters. The van der Waals surface area contributed by atoms with E-state index in [1.807, 2.05) is 0 Å². The first-order valence-corrected chi connectivity index (χ1v) is 18.8. The molecule has 34 heavy (non-hydrogen) atoms. The van der Waals surface area contributed by atoms with Gasteiger partial charge in [-0.2, -0.15) is 12.8 Å². The van der Waals surface area contributed by atoms with Crippen LogP contribution in [-0.2, 0) is 23.0 Å². The van der Waals surface area contributed by atoms with Gasteiger partial charge in [0.2, 0.25) is 0 Å². The Labute approximate surface area is 233 Å². The third-order valence-electron chi connectivity index (χ3n) is 6.60. The number of hydrogen-bond acceptors (Lipinski definition) is 0. The molecule has 176 valence electrons. The summed E-state index contributed by atoms with van der Waals surface area (Å²) in [4.78, 5) is 0. The summed E-state index contributed by atoms with van der Waals surface area (Å²) in [7, 11) is 0. The van der Waals surface area contributed by atoms with Crippen molar-refractivity contribution < 1.29 is 47.8 Å². The molecule has 0 bridgehead atoms. The summed E-state index contributed by atoms with van der Waals surface area (Å²) in [5.74, 6) is 3.23. The molecule has 0 heterocycles. The van der Waals surface area contributed by atoms with E-state index in [9.17, 15) is 0 Å². The van der Waals surface area contributed by atoms with Gasteiger partial charge in [-0.05, 0) is 11.8 Å². The van der Waals surface area contributed by atoms with Crippen LogP contribution in [0.5, 0.6) is 0 Å². The van der Waals surface area contributed by atoms with Crippen molar-refractivity contribution in [2.24, 2.45) is 23.7 Å². The van der Waals surface area contributed by atoms with Gasteiger partial charge in [-0.1, -0.05) is 49.3 Å². The fourth-order valence-corrected chi connectivity index (χ4v) is 9.74. The Balaban J connectivity index is 0.000000181. The van der Waals surface area contributed by atoms with Gasteiger partial charge < -0.3 is 37.7 Å². The van der Waals surface area contributed by atoms with E-state index in [4.69, 9.17) is 0 Å². The SMILES string of the molecule is C1=CC2[CH-]CCC2C=C1.C1=CC2[CH-]CCC2C=C1.[Cl-].[Cl-].[Hf+2]=[Si](c1ccccc1)c1ccccc1. The molecule has 4 aliphatic rings. The maximum atomic E-state index is 2.42. The molecule has 0 nitrogen and oxygen atoms in total. The Morgan fingerprint density at radius 2 is 0.971 bits per heavy atom. The Hall–Kier alpha value is -0.933. The number of rotatable bonds is 2. The third-order valence-corrected chi connectivity index (χ3v) is 14.6. The Kier molecular flexibility index (Phi) is 13.7. The Bertz CT molecular complexity index is 866. The first kappa shape index (κ1) is 29.3. The van der Waals surface area contributed by atoms with Gasteiger partial charge >= 0.3 is 99.5 Å². The molecule has 0 aliphatic heterocycles. The summed E-state index contributed by atoms with van der Waals surface area (Å²) in [5.41, 5.74) is -0.406. The predicted octanol–water partition coefficient (Wildman–Crippen LogP) is 0.0329. The average Bonchev–Trinajstić information content (AvgIpc) is 3.55. The van der Waals surface area contributed by atoms with Crippen molar-refractivity contribution in [1.82, 2.24) is 0 Å². The predicted molar refractivity (Wildman–Crippen MR) is 135 cm³/mol. The molecule has 2 aromatic rings. The average molecular weight is 670 g/mol. The number of allylic oxidation sites excluding steroid dienone is 8. The maximum absolute atomic E-state index is 2.42.